The van der Waals surface area contributed by atoms with Crippen molar-refractivity contribution in [3.63, 3.8) is 0 Å². The van der Waals surface area contributed by atoms with Crippen LogP contribution < -0.4 is 65.9 Å². The van der Waals surface area contributed by atoms with Crippen LogP contribution in [-0.4, -0.2) is 169 Å². The molecule has 0 rings (SSSR count). The van der Waals surface area contributed by atoms with Crippen LogP contribution in [0.25, 0.3) is 0 Å². The van der Waals surface area contributed by atoms with Crippen molar-refractivity contribution in [2.75, 3.05) is 47.4 Å². The minimum absolute atomic E-state index is 0.0242. The van der Waals surface area contributed by atoms with E-state index in [2.05, 4.69) is 37.2 Å². The van der Waals surface area contributed by atoms with Gasteiger partial charge in [0.25, 0.3) is 0 Å². The van der Waals surface area contributed by atoms with Crippen molar-refractivity contribution in [2.24, 2.45) is 28.7 Å². The Bertz CT molecular complexity index is 1400. The minimum Gasteiger partial charge on any atom is -0.480 e. The fraction of sp³-hybridized carbons (Fsp3) is 0.778. The highest BCUT2D eigenvalue weighted by molar-refractivity contribution is 5.97. The van der Waals surface area contributed by atoms with Gasteiger partial charge in [-0.15, -0.1) is 0 Å². The Balaban J connectivity index is 6.13. The normalized spacial score (nSPS) is 15.5. The average Bonchev–Trinajstić information content (AvgIpc) is 3.15. The van der Waals surface area contributed by atoms with Crippen LogP contribution in [0.1, 0.15) is 78.1 Å². The molecule has 60 heavy (non-hydrogen) atoms. The number of carboxylic acids is 1. The zero-order valence-electron chi connectivity index (χ0n) is 35.5. The first-order valence-corrected chi connectivity index (χ1v) is 20.1. The number of carboxylic acid groups (broad SMARTS) is 1. The van der Waals surface area contributed by atoms with Crippen molar-refractivity contribution >= 4 is 47.3 Å². The van der Waals surface area contributed by atoms with Gasteiger partial charge >= 0.3 is 5.97 Å². The third-order valence-electron chi connectivity index (χ3n) is 9.12. The van der Waals surface area contributed by atoms with Crippen LogP contribution in [0.4, 0.5) is 0 Å². The topological polar surface area (TPSA) is 412 Å². The zero-order valence-corrected chi connectivity index (χ0v) is 35.5. The second-order valence-corrected chi connectivity index (χ2v) is 15.8. The van der Waals surface area contributed by atoms with Crippen LogP contribution >= 0.6 is 0 Å². The molecule has 0 saturated carbocycles. The predicted molar refractivity (Wildman–Crippen MR) is 219 cm³/mol. The van der Waals surface area contributed by atoms with Crippen molar-refractivity contribution in [1.82, 2.24) is 37.2 Å². The van der Waals surface area contributed by atoms with Gasteiger partial charge in [-0.3, -0.25) is 38.9 Å². The Hall–Kier alpha value is -4.56. The molecule has 0 heterocycles. The summed E-state index contributed by atoms with van der Waals surface area (Å²) in [4.78, 5) is 103. The van der Waals surface area contributed by atoms with E-state index >= 15 is 0 Å². The van der Waals surface area contributed by atoms with Gasteiger partial charge in [-0.05, 0) is 78.3 Å². The summed E-state index contributed by atoms with van der Waals surface area (Å²) in [5.74, 6) is -7.52. The Labute approximate surface area is 351 Å². The number of unbranched alkanes of at least 4 members (excludes halogenated alkanes) is 2. The highest BCUT2D eigenvalue weighted by Crippen LogP contribution is 2.09. The Kier molecular flexibility index (Phi) is 26.6. The Morgan fingerprint density at radius 3 is 1.62 bits per heavy atom. The molecule has 0 radical (unpaired) electrons. The van der Waals surface area contributed by atoms with E-state index in [0.717, 1.165) is 6.54 Å². The van der Waals surface area contributed by atoms with Crippen LogP contribution in [0.5, 0.6) is 0 Å². The lowest BCUT2D eigenvalue weighted by Crippen LogP contribution is -2.61. The van der Waals surface area contributed by atoms with E-state index in [9.17, 15) is 53.7 Å². The molecule has 24 heteroatoms. The number of hydrogen-bond acceptors (Lipinski definition) is 15. The molecule has 7 amide bonds. The van der Waals surface area contributed by atoms with Crippen molar-refractivity contribution in [2.45, 2.75) is 133 Å². The van der Waals surface area contributed by atoms with E-state index in [1.807, 2.05) is 21.1 Å². The molecule has 20 N–H and O–H groups in total. The van der Waals surface area contributed by atoms with Gasteiger partial charge < -0.3 is 80.4 Å². The number of aliphatic hydroxyl groups is 2. The fourth-order valence-corrected chi connectivity index (χ4v) is 5.58. The summed E-state index contributed by atoms with van der Waals surface area (Å²) in [6, 6.07) is -9.66. The van der Waals surface area contributed by atoms with Crippen molar-refractivity contribution in [1.29, 1.82) is 0 Å². The lowest BCUT2D eigenvalue weighted by atomic mass is 10.0. The number of nitrogens with two attached hydrogens (primary N) is 5. The maximum atomic E-state index is 13.7. The number of carbonyl (C=O) groups is 8. The van der Waals surface area contributed by atoms with Gasteiger partial charge in [0.2, 0.25) is 41.4 Å². The number of nitrogens with zero attached hydrogens (tertiary/aromatic N) is 1. The van der Waals surface area contributed by atoms with Crippen molar-refractivity contribution in [3.05, 3.63) is 0 Å². The largest absolute Gasteiger partial charge is 0.480 e. The molecule has 0 aromatic carbocycles. The van der Waals surface area contributed by atoms with Crippen molar-refractivity contribution < 1.29 is 58.2 Å². The summed E-state index contributed by atoms with van der Waals surface area (Å²) >= 11 is 0. The summed E-state index contributed by atoms with van der Waals surface area (Å²) < 4.78 is 0.629. The summed E-state index contributed by atoms with van der Waals surface area (Å²) in [5.41, 5.74) is 27.8. The molecule has 0 aliphatic carbocycles. The van der Waals surface area contributed by atoms with Crippen LogP contribution in [0.2, 0.25) is 0 Å². The molecule has 0 aromatic heterocycles. The number of quaternary nitrogens is 1. The Morgan fingerprint density at radius 2 is 1.12 bits per heavy atom. The first-order chi connectivity index (χ1) is 27.9. The predicted octanol–water partition coefficient (Wildman–Crippen LogP) is -6.46. The van der Waals surface area contributed by atoms with Gasteiger partial charge in [-0.25, -0.2) is 4.79 Å². The van der Waals surface area contributed by atoms with Crippen LogP contribution in [0.15, 0.2) is 0 Å². The molecule has 346 valence electrons. The summed E-state index contributed by atoms with van der Waals surface area (Å²) in [5, 5.41) is 46.5. The molecular formula is C36H72N13O11+. The van der Waals surface area contributed by atoms with E-state index in [0.29, 0.717) is 36.7 Å². The molecular weight excluding hydrogens is 790 g/mol. The van der Waals surface area contributed by atoms with Gasteiger partial charge in [0.05, 0.1) is 46.4 Å². The highest BCUT2D eigenvalue weighted by atomic mass is 16.4. The third kappa shape index (κ3) is 23.9. The molecule has 0 aliphatic heterocycles. The molecule has 24 nitrogen and oxygen atoms in total. The molecule has 0 aliphatic rings. The first kappa shape index (κ1) is 55.4. The smallest absolute Gasteiger partial charge is 0.328 e. The zero-order chi connectivity index (χ0) is 46.2. The third-order valence-corrected chi connectivity index (χ3v) is 9.12. The van der Waals surface area contributed by atoms with Gasteiger partial charge in [0.15, 0.2) is 0 Å². The van der Waals surface area contributed by atoms with E-state index in [4.69, 9.17) is 28.7 Å². The summed E-state index contributed by atoms with van der Waals surface area (Å²) in [7, 11) is 5.93. The summed E-state index contributed by atoms with van der Waals surface area (Å²) in [6.07, 6.45) is -0.175. The number of nitrogens with one attached hydrogen (secondary N) is 7. The second-order valence-electron chi connectivity index (χ2n) is 15.8. The maximum Gasteiger partial charge on any atom is 0.328 e. The van der Waals surface area contributed by atoms with Gasteiger partial charge in [-0.2, -0.15) is 0 Å². The number of hydrogen-bond donors (Lipinski definition) is 15. The number of carbonyl (C=O) groups excluding carboxylic acids is 7. The minimum atomic E-state index is -1.67. The lowest BCUT2D eigenvalue weighted by molar-refractivity contribution is -0.870. The van der Waals surface area contributed by atoms with Gasteiger partial charge in [0.1, 0.15) is 42.5 Å². The quantitative estimate of drug-likeness (QED) is 0.0170. The second kappa shape index (κ2) is 28.8. The van der Waals surface area contributed by atoms with E-state index in [1.165, 1.54) is 13.8 Å². The highest BCUT2D eigenvalue weighted by Gasteiger charge is 2.34. The van der Waals surface area contributed by atoms with E-state index < -0.39 is 109 Å². The molecule has 0 spiro atoms. The van der Waals surface area contributed by atoms with Crippen LogP contribution in [-0.2, 0) is 38.4 Å². The molecule has 0 unspecified atom stereocenters. The monoisotopic (exact) mass is 863 g/mol. The van der Waals surface area contributed by atoms with E-state index in [1.54, 1.807) is 0 Å². The fourth-order valence-electron chi connectivity index (χ4n) is 5.58. The number of primary amides is 1. The van der Waals surface area contributed by atoms with Gasteiger partial charge in [0, 0.05) is 6.42 Å². The maximum absolute atomic E-state index is 13.7. The van der Waals surface area contributed by atoms with Crippen LogP contribution in [0.3, 0.4) is 0 Å². The molecule has 0 fully saturated rings. The molecule has 0 aromatic rings. The Morgan fingerprint density at radius 1 is 0.617 bits per heavy atom. The van der Waals surface area contributed by atoms with Crippen molar-refractivity contribution in [3.8, 4) is 0 Å². The molecule has 0 saturated heterocycles. The number of aliphatic hydroxyl groups excluding tert-OH is 2. The molecule has 0 bridgehead atoms. The lowest BCUT2D eigenvalue weighted by Gasteiger charge is -2.27. The van der Waals surface area contributed by atoms with Gasteiger partial charge in [-0.1, -0.05) is 6.42 Å². The number of rotatable bonds is 32. The first-order valence-electron chi connectivity index (χ1n) is 20.1. The number of aliphatic carboxylic acids is 1. The van der Waals surface area contributed by atoms with Crippen LogP contribution in [0, 0.1) is 0 Å². The number of amides is 7. The molecule has 8 atom stereocenters. The average molecular weight is 863 g/mol. The van der Waals surface area contributed by atoms with E-state index in [-0.39, 0.29) is 45.1 Å². The SMILES string of the molecule is C[C@H](NC(=O)[C@@H](NC(=O)[C@H](CCC(N)=O)NC(=O)[C@@H](N)CCCCN)[C@@H](C)O)C(=O)N[C@@H](CCCNC(N)N)C(=O)N[C@@H](CCCC[N+](C)(C)C)C(=O)N[C@@H](CO)C(=O)O. The standard InChI is InChI=1S/C36H71N13O11/c1-20(43-34(58)28(21(2)51)48-33(57)25(14-15-27(39)52)45-30(54)22(38)11-6-8-16-37)29(53)44-24(13-10-17-42-36(40)41)31(55)46-23(12-7-9-18-49(3,4)5)32(56)47-26(19-50)35(59)60/h20-26,28,36,42,50-51H,6-19,37-38,40-41H2,1-5H3,(H8-,39,43,44,45,46,47,48,52,53,54,55,56,57,58,59,60)/p+1/t20-,21+,22-,23-,24-,25-,26-,28-/m0/s1. The summed E-state index contributed by atoms with van der Waals surface area (Å²) in [6.45, 7) is 2.89.